The number of rotatable bonds is 3. The first kappa shape index (κ1) is 18.1. The van der Waals surface area contributed by atoms with Gasteiger partial charge in [-0.2, -0.15) is 9.78 Å². The van der Waals surface area contributed by atoms with E-state index < -0.39 is 0 Å². The molecule has 2 aromatic carbocycles. The summed E-state index contributed by atoms with van der Waals surface area (Å²) in [5, 5.41) is 7.38. The maximum atomic E-state index is 13.1. The van der Waals surface area contributed by atoms with E-state index >= 15 is 0 Å². The van der Waals surface area contributed by atoms with Crippen molar-refractivity contribution in [1.82, 2.24) is 9.66 Å². The maximum absolute atomic E-state index is 13.1. The topological polar surface area (TPSA) is 65.7 Å². The zero-order valence-electron chi connectivity index (χ0n) is 15.0. The SMILES string of the molecule is O=c1c2c(-c3ccccc3)csc2ncn1/N=C/c1cc(Cl)cc2c1OCOC2. The van der Waals surface area contributed by atoms with Crippen LogP contribution in [-0.4, -0.2) is 22.7 Å². The normalized spacial score (nSPS) is 13.6. The molecule has 0 saturated heterocycles. The summed E-state index contributed by atoms with van der Waals surface area (Å²) >= 11 is 7.63. The summed E-state index contributed by atoms with van der Waals surface area (Å²) in [6.45, 7) is 0.581. The van der Waals surface area contributed by atoms with Gasteiger partial charge in [0, 0.05) is 27.1 Å². The molecule has 29 heavy (non-hydrogen) atoms. The van der Waals surface area contributed by atoms with Crippen molar-refractivity contribution in [1.29, 1.82) is 0 Å². The lowest BCUT2D eigenvalue weighted by molar-refractivity contribution is -0.0164. The number of benzene rings is 2. The summed E-state index contributed by atoms with van der Waals surface area (Å²) in [7, 11) is 0. The third-order valence-electron chi connectivity index (χ3n) is 4.59. The Morgan fingerprint density at radius 1 is 1.24 bits per heavy atom. The molecule has 0 fully saturated rings. The molecule has 0 bridgehead atoms. The van der Waals surface area contributed by atoms with Gasteiger partial charge in [-0.3, -0.25) is 4.79 Å². The molecule has 0 saturated carbocycles. The van der Waals surface area contributed by atoms with Crippen molar-refractivity contribution in [3.63, 3.8) is 0 Å². The van der Waals surface area contributed by atoms with E-state index in [1.165, 1.54) is 22.3 Å². The molecule has 2 aromatic heterocycles. The summed E-state index contributed by atoms with van der Waals surface area (Å²) < 4.78 is 12.1. The van der Waals surface area contributed by atoms with Crippen LogP contribution < -0.4 is 10.3 Å². The molecule has 0 atom stereocenters. The number of halogens is 1. The van der Waals surface area contributed by atoms with Gasteiger partial charge in [0.1, 0.15) is 16.9 Å². The van der Waals surface area contributed by atoms with Gasteiger partial charge in [-0.15, -0.1) is 11.3 Å². The minimum atomic E-state index is -0.230. The van der Waals surface area contributed by atoms with Gasteiger partial charge in [-0.25, -0.2) is 4.98 Å². The Labute approximate surface area is 174 Å². The molecule has 0 radical (unpaired) electrons. The number of hydrogen-bond donors (Lipinski definition) is 0. The lowest BCUT2D eigenvalue weighted by Gasteiger charge is -2.19. The van der Waals surface area contributed by atoms with Gasteiger partial charge in [-0.1, -0.05) is 41.9 Å². The van der Waals surface area contributed by atoms with E-state index in [0.717, 1.165) is 16.7 Å². The second-order valence-corrected chi connectivity index (χ2v) is 7.72. The molecule has 0 aliphatic carbocycles. The fourth-order valence-electron chi connectivity index (χ4n) is 3.26. The number of ether oxygens (including phenoxy) is 2. The molecule has 0 amide bonds. The van der Waals surface area contributed by atoms with Crippen LogP contribution in [0.4, 0.5) is 0 Å². The average molecular weight is 424 g/mol. The van der Waals surface area contributed by atoms with E-state index in [-0.39, 0.29) is 12.4 Å². The van der Waals surface area contributed by atoms with Crippen LogP contribution in [0.1, 0.15) is 11.1 Å². The first-order valence-electron chi connectivity index (χ1n) is 8.82. The number of hydrogen-bond acceptors (Lipinski definition) is 6. The summed E-state index contributed by atoms with van der Waals surface area (Å²) in [5.41, 5.74) is 3.11. The molecule has 3 heterocycles. The third-order valence-corrected chi connectivity index (χ3v) is 5.69. The van der Waals surface area contributed by atoms with Crippen LogP contribution in [0, 0.1) is 0 Å². The van der Waals surface area contributed by atoms with E-state index in [9.17, 15) is 4.79 Å². The molecular weight excluding hydrogens is 410 g/mol. The van der Waals surface area contributed by atoms with E-state index in [4.69, 9.17) is 21.1 Å². The minimum absolute atomic E-state index is 0.165. The van der Waals surface area contributed by atoms with Gasteiger partial charge in [0.05, 0.1) is 18.2 Å². The average Bonchev–Trinajstić information content (AvgIpc) is 3.18. The standard InChI is InChI=1S/C21H14ClN3O3S/c22-16-6-14(19-15(7-16)9-27-12-28-19)8-24-25-11-23-20-18(21(25)26)17(10-29-20)13-4-2-1-3-5-13/h1-8,10-11H,9,12H2/b24-8+. The van der Waals surface area contributed by atoms with Crippen molar-refractivity contribution >= 4 is 39.4 Å². The second kappa shape index (κ2) is 7.44. The zero-order valence-corrected chi connectivity index (χ0v) is 16.6. The fraction of sp³-hybridized carbons (Fsp3) is 0.0952. The lowest BCUT2D eigenvalue weighted by atomic mass is 10.1. The molecule has 4 aromatic rings. The highest BCUT2D eigenvalue weighted by Crippen LogP contribution is 2.31. The smallest absolute Gasteiger partial charge is 0.283 e. The van der Waals surface area contributed by atoms with E-state index in [2.05, 4.69) is 10.1 Å². The van der Waals surface area contributed by atoms with Crippen LogP contribution in [0.3, 0.4) is 0 Å². The van der Waals surface area contributed by atoms with E-state index in [1.54, 1.807) is 18.3 Å². The third kappa shape index (κ3) is 3.33. The molecule has 5 rings (SSSR count). The zero-order chi connectivity index (χ0) is 19.8. The number of thiophene rings is 1. The monoisotopic (exact) mass is 423 g/mol. The minimum Gasteiger partial charge on any atom is -0.466 e. The van der Waals surface area contributed by atoms with Crippen LogP contribution in [0.5, 0.6) is 5.75 Å². The number of fused-ring (bicyclic) bond motifs is 2. The highest BCUT2D eigenvalue weighted by molar-refractivity contribution is 7.17. The summed E-state index contributed by atoms with van der Waals surface area (Å²) in [4.78, 5) is 18.2. The van der Waals surface area contributed by atoms with Crippen LogP contribution in [0.15, 0.2) is 64.1 Å². The van der Waals surface area contributed by atoms with Crippen LogP contribution in [-0.2, 0) is 11.3 Å². The Balaban J connectivity index is 1.60. The molecule has 6 nitrogen and oxygen atoms in total. The van der Waals surface area contributed by atoms with E-state index in [0.29, 0.717) is 33.2 Å². The highest BCUT2D eigenvalue weighted by atomic mass is 35.5. The predicted octanol–water partition coefficient (Wildman–Crippen LogP) is 4.53. The van der Waals surface area contributed by atoms with Gasteiger partial charge in [-0.05, 0) is 17.7 Å². The molecule has 0 N–H and O–H groups in total. The molecule has 0 unspecified atom stereocenters. The molecule has 0 spiro atoms. The highest BCUT2D eigenvalue weighted by Gasteiger charge is 2.16. The van der Waals surface area contributed by atoms with Crippen LogP contribution in [0.2, 0.25) is 5.02 Å². The van der Waals surface area contributed by atoms with Crippen LogP contribution >= 0.6 is 22.9 Å². The quantitative estimate of drug-likeness (QED) is 0.454. The van der Waals surface area contributed by atoms with Crippen molar-refractivity contribution in [3.05, 3.63) is 80.7 Å². The fourth-order valence-corrected chi connectivity index (χ4v) is 4.42. The van der Waals surface area contributed by atoms with Crippen molar-refractivity contribution < 1.29 is 9.47 Å². The van der Waals surface area contributed by atoms with Gasteiger partial charge >= 0.3 is 0 Å². The predicted molar refractivity (Wildman–Crippen MR) is 114 cm³/mol. The molecular formula is C21H14ClN3O3S. The Morgan fingerprint density at radius 2 is 2.10 bits per heavy atom. The summed E-state index contributed by atoms with van der Waals surface area (Å²) in [5.74, 6) is 0.659. The Bertz CT molecular complexity index is 1300. The van der Waals surface area contributed by atoms with Gasteiger partial charge in [0.25, 0.3) is 5.56 Å². The van der Waals surface area contributed by atoms with Gasteiger partial charge in [0.2, 0.25) is 0 Å². The first-order chi connectivity index (χ1) is 14.2. The Kier molecular flexibility index (Phi) is 4.63. The summed E-state index contributed by atoms with van der Waals surface area (Å²) in [6, 6.07) is 13.3. The second-order valence-electron chi connectivity index (χ2n) is 6.43. The number of aromatic nitrogens is 2. The molecule has 1 aliphatic rings. The lowest BCUT2D eigenvalue weighted by Crippen LogP contribution is -2.17. The number of nitrogens with zero attached hydrogens (tertiary/aromatic N) is 3. The Morgan fingerprint density at radius 3 is 2.97 bits per heavy atom. The largest absolute Gasteiger partial charge is 0.466 e. The van der Waals surface area contributed by atoms with Crippen molar-refractivity contribution in [2.75, 3.05) is 6.79 Å². The van der Waals surface area contributed by atoms with E-state index in [1.807, 2.05) is 35.7 Å². The van der Waals surface area contributed by atoms with Crippen molar-refractivity contribution in [3.8, 4) is 16.9 Å². The van der Waals surface area contributed by atoms with Gasteiger partial charge in [0.15, 0.2) is 6.79 Å². The van der Waals surface area contributed by atoms with Gasteiger partial charge < -0.3 is 9.47 Å². The van der Waals surface area contributed by atoms with Crippen LogP contribution in [0.25, 0.3) is 21.3 Å². The first-order valence-corrected chi connectivity index (χ1v) is 10.1. The maximum Gasteiger partial charge on any atom is 0.283 e. The molecule has 144 valence electrons. The Hall–Kier alpha value is -3.00. The van der Waals surface area contributed by atoms with Crippen molar-refractivity contribution in [2.45, 2.75) is 6.61 Å². The summed E-state index contributed by atoms with van der Waals surface area (Å²) in [6.07, 6.45) is 2.98. The molecule has 1 aliphatic heterocycles. The van der Waals surface area contributed by atoms with Crippen molar-refractivity contribution in [2.24, 2.45) is 5.10 Å². The molecule has 8 heteroatoms.